The van der Waals surface area contributed by atoms with E-state index >= 15 is 0 Å². The summed E-state index contributed by atoms with van der Waals surface area (Å²) < 4.78 is 17.6. The predicted octanol–water partition coefficient (Wildman–Crippen LogP) is -0.260. The van der Waals surface area contributed by atoms with Crippen LogP contribution in [0, 0.1) is 0 Å². The molecule has 5 heteroatoms. The molecule has 0 radical (unpaired) electrons. The second-order valence-corrected chi connectivity index (χ2v) is 3.37. The maximum atomic E-state index is 12.9. The summed E-state index contributed by atoms with van der Waals surface area (Å²) in [6, 6.07) is 0. The van der Waals surface area contributed by atoms with Gasteiger partial charge in [-0.05, 0) is 6.92 Å². The molecule has 3 N–H and O–H groups in total. The van der Waals surface area contributed by atoms with E-state index in [-0.39, 0.29) is 19.4 Å². The lowest BCUT2D eigenvalue weighted by atomic mass is 9.99. The van der Waals surface area contributed by atoms with E-state index in [0.717, 1.165) is 0 Å². The Kier molecular flexibility index (Phi) is 2.87. The number of alkyl halides is 1. The molecule has 4 nitrogen and oxygen atoms in total. The van der Waals surface area contributed by atoms with Gasteiger partial charge in [-0.15, -0.1) is 0 Å². The summed E-state index contributed by atoms with van der Waals surface area (Å²) in [5.41, 5.74) is 4.26. The average molecular weight is 191 g/mol. The van der Waals surface area contributed by atoms with Crippen molar-refractivity contribution in [3.63, 3.8) is 0 Å². The number of carbonyl (C=O) groups is 1. The lowest BCUT2D eigenvalue weighted by Crippen LogP contribution is -2.47. The quantitative estimate of drug-likeness (QED) is 0.590. The first kappa shape index (κ1) is 10.4. The maximum Gasteiger partial charge on any atom is 0.326 e. The highest BCUT2D eigenvalue weighted by atomic mass is 19.1. The van der Waals surface area contributed by atoms with Gasteiger partial charge in [0.2, 0.25) is 0 Å². The van der Waals surface area contributed by atoms with E-state index in [4.69, 9.17) is 10.8 Å². The van der Waals surface area contributed by atoms with E-state index in [1.165, 1.54) is 0 Å². The third-order valence-corrected chi connectivity index (χ3v) is 2.23. The second-order valence-electron chi connectivity index (χ2n) is 3.37. The highest BCUT2D eigenvalue weighted by Gasteiger charge is 2.48. The van der Waals surface area contributed by atoms with Crippen LogP contribution in [0.2, 0.25) is 0 Å². The van der Waals surface area contributed by atoms with E-state index in [2.05, 4.69) is 4.74 Å². The number of hydrogen-bond donors (Lipinski definition) is 2. The van der Waals surface area contributed by atoms with Crippen molar-refractivity contribution < 1.29 is 19.0 Å². The van der Waals surface area contributed by atoms with Crippen LogP contribution in [0.4, 0.5) is 4.39 Å². The molecule has 0 heterocycles. The largest absolute Gasteiger partial charge is 0.465 e. The van der Waals surface area contributed by atoms with Crippen molar-refractivity contribution in [3.05, 3.63) is 0 Å². The first-order valence-corrected chi connectivity index (χ1v) is 4.28. The molecule has 0 aromatic heterocycles. The molecule has 3 atom stereocenters. The van der Waals surface area contributed by atoms with Gasteiger partial charge in [-0.25, -0.2) is 4.39 Å². The topological polar surface area (TPSA) is 72.5 Å². The number of nitrogens with two attached hydrogens (primary N) is 1. The van der Waals surface area contributed by atoms with Crippen molar-refractivity contribution in [3.8, 4) is 0 Å². The molecule has 0 unspecified atom stereocenters. The standard InChI is InChI=1S/C8H14FNO3/c1-2-13-7(12)8(10)3-5(9)6(11)4-8/h5-6,11H,2-4,10H2,1H3/t5-,6-,8-/m1/s1. The molecule has 0 saturated heterocycles. The fraction of sp³-hybridized carbons (Fsp3) is 0.875. The summed E-state index contributed by atoms with van der Waals surface area (Å²) in [7, 11) is 0. The van der Waals surface area contributed by atoms with Gasteiger partial charge in [0.1, 0.15) is 11.7 Å². The Balaban J connectivity index is 2.63. The Morgan fingerprint density at radius 2 is 2.38 bits per heavy atom. The number of ether oxygens (including phenoxy) is 1. The van der Waals surface area contributed by atoms with E-state index < -0.39 is 23.8 Å². The van der Waals surface area contributed by atoms with Gasteiger partial charge in [0.05, 0.1) is 12.7 Å². The van der Waals surface area contributed by atoms with Crippen LogP contribution in [0.25, 0.3) is 0 Å². The summed E-state index contributed by atoms with van der Waals surface area (Å²) in [5, 5.41) is 9.09. The van der Waals surface area contributed by atoms with Crippen LogP contribution in [0.1, 0.15) is 19.8 Å². The first-order chi connectivity index (χ1) is 5.99. The van der Waals surface area contributed by atoms with Crippen molar-refractivity contribution in [2.75, 3.05) is 6.61 Å². The summed E-state index contributed by atoms with van der Waals surface area (Å²) in [5.74, 6) is -0.630. The molecule has 1 aliphatic carbocycles. The normalized spacial score (nSPS) is 39.1. The molecule has 0 spiro atoms. The number of aliphatic hydroxyl groups excluding tert-OH is 1. The number of hydrogen-bond acceptors (Lipinski definition) is 4. The second kappa shape index (κ2) is 3.59. The fourth-order valence-electron chi connectivity index (χ4n) is 1.51. The molecule has 1 rings (SSSR count). The highest BCUT2D eigenvalue weighted by Crippen LogP contribution is 2.31. The molecule has 13 heavy (non-hydrogen) atoms. The zero-order valence-corrected chi connectivity index (χ0v) is 7.50. The van der Waals surface area contributed by atoms with Crippen molar-refractivity contribution in [1.82, 2.24) is 0 Å². The summed E-state index contributed by atoms with van der Waals surface area (Å²) >= 11 is 0. The van der Waals surface area contributed by atoms with Crippen LogP contribution >= 0.6 is 0 Å². The van der Waals surface area contributed by atoms with Crippen molar-refractivity contribution in [2.45, 2.75) is 37.6 Å². The third kappa shape index (κ3) is 1.97. The molecular formula is C8H14FNO3. The smallest absolute Gasteiger partial charge is 0.326 e. The number of carbonyl (C=O) groups excluding carboxylic acids is 1. The van der Waals surface area contributed by atoms with Gasteiger partial charge in [0.25, 0.3) is 0 Å². The van der Waals surface area contributed by atoms with Crippen molar-refractivity contribution >= 4 is 5.97 Å². The summed E-state index contributed by atoms with van der Waals surface area (Å²) in [6.45, 7) is 1.87. The maximum absolute atomic E-state index is 12.9. The Labute approximate surface area is 75.9 Å². The zero-order chi connectivity index (χ0) is 10.1. The third-order valence-electron chi connectivity index (χ3n) is 2.23. The van der Waals surface area contributed by atoms with Gasteiger partial charge in [0.15, 0.2) is 0 Å². The summed E-state index contributed by atoms with van der Waals surface area (Å²) in [4.78, 5) is 11.2. The van der Waals surface area contributed by atoms with Crippen LogP contribution in [-0.2, 0) is 9.53 Å². The van der Waals surface area contributed by atoms with E-state index in [1.807, 2.05) is 0 Å². The van der Waals surface area contributed by atoms with Crippen LogP contribution in [-0.4, -0.2) is 35.5 Å². The summed E-state index contributed by atoms with van der Waals surface area (Å²) in [6.07, 6.45) is -2.79. The molecular weight excluding hydrogens is 177 g/mol. The van der Waals surface area contributed by atoms with Gasteiger partial charge < -0.3 is 15.6 Å². The molecule has 1 saturated carbocycles. The lowest BCUT2D eigenvalue weighted by molar-refractivity contribution is -0.149. The molecule has 0 amide bonds. The predicted molar refractivity (Wildman–Crippen MR) is 43.7 cm³/mol. The molecule has 0 aromatic carbocycles. The van der Waals surface area contributed by atoms with E-state index in [0.29, 0.717) is 0 Å². The van der Waals surface area contributed by atoms with Crippen molar-refractivity contribution in [1.29, 1.82) is 0 Å². The highest BCUT2D eigenvalue weighted by molar-refractivity contribution is 5.81. The number of esters is 1. The van der Waals surface area contributed by atoms with Crippen molar-refractivity contribution in [2.24, 2.45) is 5.73 Å². The Morgan fingerprint density at radius 1 is 1.77 bits per heavy atom. The Bertz CT molecular complexity index is 200. The first-order valence-electron chi connectivity index (χ1n) is 4.28. The molecule has 76 valence electrons. The van der Waals surface area contributed by atoms with E-state index in [1.54, 1.807) is 6.92 Å². The zero-order valence-electron chi connectivity index (χ0n) is 7.50. The lowest BCUT2D eigenvalue weighted by Gasteiger charge is -2.20. The minimum Gasteiger partial charge on any atom is -0.465 e. The molecule has 1 aliphatic rings. The number of halogens is 1. The number of rotatable bonds is 2. The Morgan fingerprint density at radius 3 is 2.77 bits per heavy atom. The van der Waals surface area contributed by atoms with Crippen LogP contribution < -0.4 is 5.73 Å². The Hall–Kier alpha value is -0.680. The number of aliphatic hydroxyl groups is 1. The monoisotopic (exact) mass is 191 g/mol. The molecule has 0 bridgehead atoms. The SMILES string of the molecule is CCOC(=O)[C@]1(N)C[C@@H](O)[C@H](F)C1. The van der Waals surface area contributed by atoms with Crippen LogP contribution in [0.5, 0.6) is 0 Å². The van der Waals surface area contributed by atoms with Gasteiger partial charge in [-0.1, -0.05) is 0 Å². The fourth-order valence-corrected chi connectivity index (χ4v) is 1.51. The van der Waals surface area contributed by atoms with Gasteiger partial charge in [-0.2, -0.15) is 0 Å². The van der Waals surface area contributed by atoms with Gasteiger partial charge in [-0.3, -0.25) is 4.79 Å². The average Bonchev–Trinajstić information content (AvgIpc) is 2.28. The van der Waals surface area contributed by atoms with Gasteiger partial charge in [0, 0.05) is 12.8 Å². The molecule has 1 fully saturated rings. The minimum atomic E-state index is -1.42. The minimum absolute atomic E-state index is 0.0625. The molecule has 0 aliphatic heterocycles. The van der Waals surface area contributed by atoms with Gasteiger partial charge >= 0.3 is 5.97 Å². The van der Waals surface area contributed by atoms with E-state index in [9.17, 15) is 9.18 Å². The van der Waals surface area contributed by atoms with Crippen LogP contribution in [0.3, 0.4) is 0 Å². The molecule has 0 aromatic rings. The van der Waals surface area contributed by atoms with Crippen LogP contribution in [0.15, 0.2) is 0 Å².